The molecule has 4 aliphatic heterocycles. The number of benzene rings is 2. The number of hydrogen-bond acceptors (Lipinski definition) is 17. The molecule has 0 unspecified atom stereocenters. The smallest absolute Gasteiger partial charge is 0.333 e. The molecule has 22 heteroatoms. The highest BCUT2D eigenvalue weighted by Crippen LogP contribution is 2.50. The molecule has 7 rings (SSSR count). The molecule has 420 valence electrons. The monoisotopic (exact) mass is 1110 g/mol. The molecular weight excluding hydrogens is 1030 g/mol. The lowest BCUT2D eigenvalue weighted by atomic mass is 9.83. The van der Waals surface area contributed by atoms with E-state index in [1.807, 2.05) is 32.0 Å². The zero-order valence-electron chi connectivity index (χ0n) is 45.0. The first-order valence-corrected chi connectivity index (χ1v) is 28.5. The maximum Gasteiger partial charge on any atom is 0.333 e. The third-order valence-corrected chi connectivity index (χ3v) is 16.3. The Bertz CT molecular complexity index is 2740. The minimum Gasteiger partial charge on any atom is -0.382 e. The van der Waals surface area contributed by atoms with Crippen LogP contribution in [-0.4, -0.2) is 144 Å². The van der Waals surface area contributed by atoms with Crippen LogP contribution in [0.25, 0.3) is 0 Å². The van der Waals surface area contributed by atoms with Crippen molar-refractivity contribution in [1.29, 1.82) is 0 Å². The Kier molecular flexibility index (Phi) is 20.9. The molecule has 2 aromatic rings. The molecule has 0 aromatic heterocycles. The zero-order chi connectivity index (χ0) is 55.3. The van der Waals surface area contributed by atoms with Gasteiger partial charge < -0.3 is 38.9 Å². The second-order valence-electron chi connectivity index (χ2n) is 20.6. The van der Waals surface area contributed by atoms with E-state index in [9.17, 15) is 32.1 Å². The maximum atomic E-state index is 13.6. The first-order valence-electron chi connectivity index (χ1n) is 26.3. The molecule has 0 radical (unpaired) electrons. The van der Waals surface area contributed by atoms with E-state index in [0.29, 0.717) is 110 Å². The van der Waals surface area contributed by atoms with E-state index in [1.165, 1.54) is 6.07 Å². The van der Waals surface area contributed by atoms with Crippen LogP contribution in [0.3, 0.4) is 0 Å². The van der Waals surface area contributed by atoms with Crippen LogP contribution in [0.2, 0.25) is 0 Å². The summed E-state index contributed by atoms with van der Waals surface area (Å²) in [6.45, 7) is 13.9. The number of nitrogens with zero attached hydrogens (tertiary/aromatic N) is 4. The summed E-state index contributed by atoms with van der Waals surface area (Å²) in [4.78, 5) is 59.4. The van der Waals surface area contributed by atoms with Crippen molar-refractivity contribution in [3.05, 3.63) is 94.4 Å². The topological polar surface area (TPSA) is 232 Å². The molecule has 3 fully saturated rings. The van der Waals surface area contributed by atoms with Crippen LogP contribution in [0.5, 0.6) is 0 Å². The first-order chi connectivity index (χ1) is 36.9. The highest BCUT2D eigenvalue weighted by molar-refractivity contribution is 7.94. The number of rotatable bonds is 26. The highest BCUT2D eigenvalue weighted by atomic mass is 32.2. The number of methoxy groups -OCH3 is 2. The summed E-state index contributed by atoms with van der Waals surface area (Å²) in [5.74, 6) is -1.86. The third kappa shape index (κ3) is 14.5. The predicted molar refractivity (Wildman–Crippen MR) is 287 cm³/mol. The van der Waals surface area contributed by atoms with Gasteiger partial charge in [0.1, 0.15) is 13.1 Å². The molecule has 1 aliphatic carbocycles. The van der Waals surface area contributed by atoms with Gasteiger partial charge in [-0.15, -0.1) is 9.40 Å². The van der Waals surface area contributed by atoms with Crippen molar-refractivity contribution in [3.8, 4) is 0 Å². The van der Waals surface area contributed by atoms with E-state index in [4.69, 9.17) is 33.4 Å². The molecule has 2 aromatic carbocycles. The zero-order valence-corrected chi connectivity index (χ0v) is 46.6. The number of carbonyl (C=O) groups excluding carboxylic acids is 4. The maximum absolute atomic E-state index is 13.6. The van der Waals surface area contributed by atoms with Crippen molar-refractivity contribution in [3.63, 3.8) is 0 Å². The second kappa shape index (κ2) is 27.1. The van der Waals surface area contributed by atoms with Crippen LogP contribution in [-0.2, 0) is 73.3 Å². The lowest BCUT2D eigenvalue weighted by molar-refractivity contribution is -0.538. The molecule has 0 spiro atoms. The van der Waals surface area contributed by atoms with Gasteiger partial charge in [0.05, 0.1) is 56.6 Å². The minimum atomic E-state index is -4.46. The Morgan fingerprint density at radius 3 is 1.86 bits per heavy atom. The summed E-state index contributed by atoms with van der Waals surface area (Å²) >= 11 is 0.913. The number of amides is 3. The van der Waals surface area contributed by atoms with E-state index in [1.54, 1.807) is 26.4 Å². The highest BCUT2D eigenvalue weighted by Gasteiger charge is 2.43. The van der Waals surface area contributed by atoms with Crippen LogP contribution in [0.4, 0.5) is 11.4 Å². The van der Waals surface area contributed by atoms with Gasteiger partial charge >= 0.3 is 5.97 Å². The molecule has 3 N–H and O–H groups in total. The normalized spacial score (nSPS) is 21.1. The van der Waals surface area contributed by atoms with E-state index in [-0.39, 0.29) is 36.0 Å². The number of fused-ring (bicyclic) bond motifs is 2. The number of ether oxygens (including phenoxy) is 4. The summed E-state index contributed by atoms with van der Waals surface area (Å²) in [7, 11) is -1.20. The van der Waals surface area contributed by atoms with Crippen LogP contribution in [0, 0.1) is 5.92 Å². The van der Waals surface area contributed by atoms with Crippen molar-refractivity contribution in [2.45, 2.75) is 113 Å². The van der Waals surface area contributed by atoms with E-state index >= 15 is 0 Å². The summed E-state index contributed by atoms with van der Waals surface area (Å²) in [5.41, 5.74) is 7.96. The van der Waals surface area contributed by atoms with E-state index < -0.39 is 38.7 Å². The van der Waals surface area contributed by atoms with Crippen molar-refractivity contribution in [1.82, 2.24) is 10.4 Å². The Morgan fingerprint density at radius 2 is 1.31 bits per heavy atom. The molecule has 0 bridgehead atoms. The summed E-state index contributed by atoms with van der Waals surface area (Å²) in [5, 5.41) is 16.4. The minimum absolute atomic E-state index is 0.00894. The van der Waals surface area contributed by atoms with Crippen molar-refractivity contribution >= 4 is 62.9 Å². The number of piperidine rings is 1. The fraction of sp³-hybridized carbons (Fsp3) is 0.545. The summed E-state index contributed by atoms with van der Waals surface area (Å²) in [6.07, 6.45) is 13.4. The fourth-order valence-corrected chi connectivity index (χ4v) is 11.7. The van der Waals surface area contributed by atoms with Gasteiger partial charge in [0.25, 0.3) is 21.9 Å². The van der Waals surface area contributed by atoms with Crippen molar-refractivity contribution < 1.29 is 75.1 Å². The number of carbonyl (C=O) groups is 4. The van der Waals surface area contributed by atoms with Crippen LogP contribution < -0.4 is 15.1 Å². The Labute approximate surface area is 455 Å². The van der Waals surface area contributed by atoms with Gasteiger partial charge in [-0.3, -0.25) is 18.9 Å². The van der Waals surface area contributed by atoms with Gasteiger partial charge in [-0.2, -0.15) is 8.42 Å². The lowest BCUT2D eigenvalue weighted by Crippen LogP contribution is -2.39. The molecule has 0 atom stereocenters. The van der Waals surface area contributed by atoms with E-state index in [2.05, 4.69) is 62.9 Å². The standard InChI is InChI=1S/C55H73N5O15S2/c1-54(2)43-36-41(76-75-74-65)15-17-45(43)58(28-30-71-34-32-69-5)47(54)19-13-38-11-12-39(14-20-48-55(3,4)44-37-42(77(66,67)68)16-18-46(44)59(48)29-31-72-35-33-70-6)52(38)57-26-23-40(24-27-57)53(64)56-25-9-7-8-10-51(63)73-60-49(61)21-22-50(60)62/h13-20,36-37,40H,7-12,21-35H2,1-6H3,(H2-,56,64,65,66,67,68)/p+1. The summed E-state index contributed by atoms with van der Waals surface area (Å²) < 4.78 is 64.3. The number of unbranched alkanes of at least 4 members (excludes halogenated alkanes) is 2. The molecule has 4 heterocycles. The largest absolute Gasteiger partial charge is 0.382 e. The average Bonchev–Trinajstić information content (AvgIpc) is 4.31. The number of hydroxylamine groups is 2. The van der Waals surface area contributed by atoms with Gasteiger partial charge in [-0.1, -0.05) is 51.3 Å². The van der Waals surface area contributed by atoms with Crippen LogP contribution in [0.15, 0.2) is 93.0 Å². The third-order valence-electron chi connectivity index (χ3n) is 14.9. The van der Waals surface area contributed by atoms with Gasteiger partial charge in [0.2, 0.25) is 11.6 Å². The van der Waals surface area contributed by atoms with Gasteiger partial charge in [0.15, 0.2) is 0 Å². The number of imide groups is 1. The number of nitrogens with one attached hydrogen (secondary N) is 1. The van der Waals surface area contributed by atoms with Crippen LogP contribution >= 0.6 is 12.0 Å². The molecule has 77 heavy (non-hydrogen) atoms. The first kappa shape index (κ1) is 59.4. The molecular formula is C55H74N5O15S2+. The molecule has 5 aliphatic rings. The van der Waals surface area contributed by atoms with Gasteiger partial charge in [-0.05, 0) is 85.4 Å². The second-order valence-corrected chi connectivity index (χ2v) is 22.8. The SMILES string of the molecule is COCCOCCN1C(=CC=C2CCC(=CC=C3N(CCOCCOC)c4ccc(S(=O)(=O)O)cc4C3(C)C)C2=[N+]2CCC(C(=O)NCCCCCC(=O)ON3C(=O)CCC3=O)CC2)C(C)(C)c2cc(SOOO)ccc21. The van der Waals surface area contributed by atoms with Gasteiger partial charge in [0, 0.05) is 122 Å². The molecule has 20 nitrogen and oxygen atoms in total. The Hall–Kier alpha value is -5.27. The quantitative estimate of drug-likeness (QED) is 0.0161. The summed E-state index contributed by atoms with van der Waals surface area (Å²) in [6, 6.07) is 10.7. The van der Waals surface area contributed by atoms with Gasteiger partial charge in [-0.25, -0.2) is 14.6 Å². The Morgan fingerprint density at radius 1 is 0.753 bits per heavy atom. The number of allylic oxidation sites excluding steroid dienone is 8. The van der Waals surface area contributed by atoms with Crippen molar-refractivity contribution in [2.75, 3.05) is 96.4 Å². The number of hydrogen-bond donors (Lipinski definition) is 3. The number of anilines is 2. The average molecular weight is 1110 g/mol. The Balaban J connectivity index is 1.16. The predicted octanol–water partition coefficient (Wildman–Crippen LogP) is 7.14. The molecule has 3 amide bonds. The van der Waals surface area contributed by atoms with E-state index in [0.717, 1.165) is 80.5 Å². The lowest BCUT2D eigenvalue weighted by Gasteiger charge is -2.27. The van der Waals surface area contributed by atoms with Crippen LogP contribution in [0.1, 0.15) is 103 Å². The van der Waals surface area contributed by atoms with Crippen molar-refractivity contribution in [2.24, 2.45) is 5.92 Å². The molecule has 2 saturated heterocycles. The fourth-order valence-electron chi connectivity index (χ4n) is 10.8. The molecule has 1 saturated carbocycles.